The number of aromatic nitrogens is 1. The number of esters is 1. The lowest BCUT2D eigenvalue weighted by Gasteiger charge is -2.22. The summed E-state index contributed by atoms with van der Waals surface area (Å²) in [6.45, 7) is 2.49. The molecule has 0 saturated heterocycles. The molecule has 0 aliphatic rings. The van der Waals surface area contributed by atoms with Crippen LogP contribution in [0.15, 0.2) is 78.3 Å². The summed E-state index contributed by atoms with van der Waals surface area (Å²) in [7, 11) is 0. The first kappa shape index (κ1) is 26.3. The van der Waals surface area contributed by atoms with E-state index in [1.165, 1.54) is 21.9 Å². The highest BCUT2D eigenvalue weighted by molar-refractivity contribution is 7.09. The van der Waals surface area contributed by atoms with Gasteiger partial charge in [0.1, 0.15) is 6.61 Å². The van der Waals surface area contributed by atoms with E-state index in [2.05, 4.69) is 28.2 Å². The summed E-state index contributed by atoms with van der Waals surface area (Å²) in [5.41, 5.74) is 5.95. The predicted octanol–water partition coefficient (Wildman–Crippen LogP) is 4.97. The van der Waals surface area contributed by atoms with Gasteiger partial charge in [-0.2, -0.15) is 0 Å². The lowest BCUT2D eigenvalue weighted by molar-refractivity contribution is -0.144. The lowest BCUT2D eigenvalue weighted by atomic mass is 10.1. The van der Waals surface area contributed by atoms with Crippen molar-refractivity contribution in [3.8, 4) is 0 Å². The van der Waals surface area contributed by atoms with Crippen molar-refractivity contribution in [2.24, 2.45) is 0 Å². The molecule has 3 N–H and O–H groups in total. The minimum absolute atomic E-state index is 0.173. The number of aromatic amines is 1. The number of fused-ring (bicyclic) bond motifs is 1. The minimum atomic E-state index is -0.572. The fraction of sp³-hybridized carbons (Fsp3) is 0.241. The quantitative estimate of drug-likeness (QED) is 0.101. The minimum Gasteiger partial charge on any atom is -0.464 e. The van der Waals surface area contributed by atoms with E-state index in [0.717, 1.165) is 29.6 Å². The maximum absolute atomic E-state index is 12.2. The number of benzene rings is 2. The summed E-state index contributed by atoms with van der Waals surface area (Å²) in [4.78, 5) is 30.3. The van der Waals surface area contributed by atoms with E-state index in [-0.39, 0.29) is 5.97 Å². The first-order chi connectivity index (χ1) is 18.1. The normalized spacial score (nSPS) is 11.4. The lowest BCUT2D eigenvalue weighted by Crippen LogP contribution is -2.30. The van der Waals surface area contributed by atoms with Gasteiger partial charge in [-0.1, -0.05) is 48.5 Å². The Morgan fingerprint density at radius 1 is 1.03 bits per heavy atom. The maximum atomic E-state index is 12.2. The number of hydrogen-bond acceptors (Lipinski definition) is 6. The molecule has 2 aromatic carbocycles. The van der Waals surface area contributed by atoms with Crippen LogP contribution in [0.5, 0.6) is 0 Å². The number of thiophene rings is 1. The number of H-pyrrole nitrogens is 1. The third-order valence-corrected chi connectivity index (χ3v) is 7.06. The molecule has 0 bridgehead atoms. The van der Waals surface area contributed by atoms with Crippen molar-refractivity contribution < 1.29 is 19.5 Å². The van der Waals surface area contributed by atoms with Crippen LogP contribution in [0.25, 0.3) is 17.0 Å². The number of amides is 1. The van der Waals surface area contributed by atoms with E-state index in [1.54, 1.807) is 22.9 Å². The topological polar surface area (TPSA) is 94.7 Å². The van der Waals surface area contributed by atoms with Crippen LogP contribution >= 0.6 is 11.3 Å². The maximum Gasteiger partial charge on any atom is 0.306 e. The Kier molecular flexibility index (Phi) is 9.65. The Bertz CT molecular complexity index is 1310. The molecule has 2 heterocycles. The zero-order valence-electron chi connectivity index (χ0n) is 20.6. The van der Waals surface area contributed by atoms with Gasteiger partial charge in [-0.3, -0.25) is 19.7 Å². The van der Waals surface area contributed by atoms with E-state index in [4.69, 9.17) is 9.94 Å². The van der Waals surface area contributed by atoms with Gasteiger partial charge >= 0.3 is 5.97 Å². The van der Waals surface area contributed by atoms with E-state index >= 15 is 0 Å². The van der Waals surface area contributed by atoms with Crippen LogP contribution in [0.3, 0.4) is 0 Å². The smallest absolute Gasteiger partial charge is 0.306 e. The van der Waals surface area contributed by atoms with Crippen molar-refractivity contribution in [1.29, 1.82) is 0 Å². The van der Waals surface area contributed by atoms with Crippen LogP contribution in [0.2, 0.25) is 0 Å². The number of carbonyl (C=O) groups excluding carboxylic acids is 2. The van der Waals surface area contributed by atoms with Gasteiger partial charge in [0, 0.05) is 47.7 Å². The summed E-state index contributed by atoms with van der Waals surface area (Å²) < 4.78 is 5.55. The zero-order chi connectivity index (χ0) is 25.9. The molecule has 37 heavy (non-hydrogen) atoms. The SMILES string of the molecule is O=C(/C=C/c1ccc(CN(CCOC(=O)CCc2cccs2)CCc2c[nH]c3ccccc23)cc1)NO. The third-order valence-electron chi connectivity index (χ3n) is 6.12. The molecule has 4 aromatic rings. The number of nitrogens with one attached hydrogen (secondary N) is 2. The summed E-state index contributed by atoms with van der Waals surface area (Å²) in [5, 5.41) is 11.9. The number of ether oxygens (including phenoxy) is 1. The molecular formula is C29H31N3O4S. The van der Waals surface area contributed by atoms with Crippen molar-refractivity contribution in [2.75, 3.05) is 19.7 Å². The summed E-state index contributed by atoms with van der Waals surface area (Å²) in [6, 6.07) is 20.2. The van der Waals surface area contributed by atoms with E-state index in [9.17, 15) is 9.59 Å². The molecular weight excluding hydrogens is 486 g/mol. The Morgan fingerprint density at radius 2 is 1.86 bits per heavy atom. The fourth-order valence-electron chi connectivity index (χ4n) is 4.13. The highest BCUT2D eigenvalue weighted by atomic mass is 32.1. The number of carbonyl (C=O) groups is 2. The molecule has 0 spiro atoms. The molecule has 0 unspecified atom stereocenters. The second-order valence-corrected chi connectivity index (χ2v) is 9.77. The molecule has 4 rings (SSSR count). The first-order valence-electron chi connectivity index (χ1n) is 12.3. The zero-order valence-corrected chi connectivity index (χ0v) is 21.4. The molecule has 0 atom stereocenters. The molecule has 7 nitrogen and oxygen atoms in total. The van der Waals surface area contributed by atoms with Crippen LogP contribution in [-0.4, -0.2) is 46.7 Å². The molecule has 0 aliphatic carbocycles. The average Bonchev–Trinajstić information content (AvgIpc) is 3.60. The Balaban J connectivity index is 1.35. The van der Waals surface area contributed by atoms with Crippen LogP contribution in [0, 0.1) is 0 Å². The Morgan fingerprint density at radius 3 is 2.65 bits per heavy atom. The third kappa shape index (κ3) is 8.15. The first-order valence-corrected chi connectivity index (χ1v) is 13.1. The number of para-hydroxylation sites is 1. The van der Waals surface area contributed by atoms with Crippen molar-refractivity contribution in [2.45, 2.75) is 25.8 Å². The Hall–Kier alpha value is -3.72. The summed E-state index contributed by atoms with van der Waals surface area (Å²) in [6.07, 6.45) is 6.94. The van der Waals surface area contributed by atoms with E-state index < -0.39 is 5.91 Å². The van der Waals surface area contributed by atoms with Gasteiger partial charge in [0.15, 0.2) is 0 Å². The van der Waals surface area contributed by atoms with Crippen molar-refractivity contribution in [3.05, 3.63) is 99.9 Å². The second kappa shape index (κ2) is 13.5. The van der Waals surface area contributed by atoms with Crippen LogP contribution < -0.4 is 5.48 Å². The van der Waals surface area contributed by atoms with Crippen molar-refractivity contribution in [1.82, 2.24) is 15.4 Å². The number of hydroxylamine groups is 1. The monoisotopic (exact) mass is 517 g/mol. The molecule has 0 saturated carbocycles. The molecule has 0 fully saturated rings. The van der Waals surface area contributed by atoms with Crippen LogP contribution in [-0.2, 0) is 33.7 Å². The predicted molar refractivity (Wildman–Crippen MR) is 146 cm³/mol. The van der Waals surface area contributed by atoms with Crippen molar-refractivity contribution >= 4 is 40.2 Å². The van der Waals surface area contributed by atoms with Gasteiger partial charge < -0.3 is 9.72 Å². The van der Waals surface area contributed by atoms with Crippen molar-refractivity contribution in [3.63, 3.8) is 0 Å². The van der Waals surface area contributed by atoms with Gasteiger partial charge in [0.05, 0.1) is 6.42 Å². The van der Waals surface area contributed by atoms with E-state index in [0.29, 0.717) is 32.5 Å². The molecule has 0 radical (unpaired) electrons. The van der Waals surface area contributed by atoms with Gasteiger partial charge in [-0.25, -0.2) is 5.48 Å². The van der Waals surface area contributed by atoms with Gasteiger partial charge in [0.2, 0.25) is 0 Å². The highest BCUT2D eigenvalue weighted by Crippen LogP contribution is 2.19. The number of nitrogens with zero attached hydrogens (tertiary/aromatic N) is 1. The average molecular weight is 518 g/mol. The highest BCUT2D eigenvalue weighted by Gasteiger charge is 2.11. The second-order valence-electron chi connectivity index (χ2n) is 8.74. The molecule has 1 amide bonds. The van der Waals surface area contributed by atoms with Gasteiger partial charge in [0.25, 0.3) is 5.91 Å². The molecule has 8 heteroatoms. The number of aryl methyl sites for hydroxylation is 1. The molecule has 2 aromatic heterocycles. The molecule has 192 valence electrons. The number of rotatable bonds is 13. The van der Waals surface area contributed by atoms with Gasteiger partial charge in [-0.05, 0) is 53.1 Å². The molecule has 0 aliphatic heterocycles. The Labute approximate surface area is 220 Å². The fourth-order valence-corrected chi connectivity index (χ4v) is 4.84. The standard InChI is InChI=1S/C29H31N3O4S/c33-28(31-35)13-11-22-7-9-23(10-8-22)21-32(16-15-24-20-30-27-6-2-1-5-26(24)27)17-18-36-29(34)14-12-25-4-3-19-37-25/h1-11,13,19-20,30,35H,12,14-18,21H2,(H,31,33)/b13-11+. The summed E-state index contributed by atoms with van der Waals surface area (Å²) >= 11 is 1.65. The van der Waals surface area contributed by atoms with Gasteiger partial charge in [-0.15, -0.1) is 11.3 Å². The number of hydrogen-bond donors (Lipinski definition) is 3. The van der Waals surface area contributed by atoms with Crippen LogP contribution in [0.4, 0.5) is 0 Å². The van der Waals surface area contributed by atoms with Crippen LogP contribution in [0.1, 0.15) is 28.0 Å². The van der Waals surface area contributed by atoms with E-state index in [1.807, 2.05) is 53.9 Å². The summed E-state index contributed by atoms with van der Waals surface area (Å²) in [5.74, 6) is -0.745. The largest absolute Gasteiger partial charge is 0.464 e.